The summed E-state index contributed by atoms with van der Waals surface area (Å²) >= 11 is 0. The summed E-state index contributed by atoms with van der Waals surface area (Å²) in [6, 6.07) is 9.06. The molecule has 0 unspecified atom stereocenters. The molecule has 112 valence electrons. The first kappa shape index (κ1) is 16.7. The third-order valence-corrected chi connectivity index (χ3v) is 3.10. The molecule has 0 saturated heterocycles. The molecular formula is C16H20N2O3. The Hall–Kier alpha value is -2.35. The number of carbonyl (C=O) groups excluding carboxylic acids is 1. The number of carbonyl (C=O) groups is 2. The van der Waals surface area contributed by atoms with E-state index in [4.69, 9.17) is 10.4 Å². The van der Waals surface area contributed by atoms with Gasteiger partial charge in [0.25, 0.3) is 5.91 Å². The lowest BCUT2D eigenvalue weighted by molar-refractivity contribution is -0.137. The number of carboxylic acids is 1. The number of hydrogen-bond acceptors (Lipinski definition) is 3. The van der Waals surface area contributed by atoms with Crippen LogP contribution in [0, 0.1) is 11.3 Å². The quantitative estimate of drug-likeness (QED) is 0.683. The van der Waals surface area contributed by atoms with Crippen LogP contribution in [0.4, 0.5) is 0 Å². The highest BCUT2D eigenvalue weighted by Crippen LogP contribution is 2.06. The van der Waals surface area contributed by atoms with Crippen LogP contribution in [-0.4, -0.2) is 23.5 Å². The van der Waals surface area contributed by atoms with E-state index in [0.29, 0.717) is 24.9 Å². The van der Waals surface area contributed by atoms with Crippen LogP contribution < -0.4 is 5.32 Å². The summed E-state index contributed by atoms with van der Waals surface area (Å²) in [5.41, 5.74) is 1.48. The average molecular weight is 288 g/mol. The second kappa shape index (κ2) is 9.54. The van der Waals surface area contributed by atoms with E-state index in [1.807, 2.05) is 0 Å². The second-order valence-electron chi connectivity index (χ2n) is 4.85. The molecule has 0 aliphatic rings. The van der Waals surface area contributed by atoms with Crippen LogP contribution in [0.5, 0.6) is 0 Å². The van der Waals surface area contributed by atoms with Crippen molar-refractivity contribution >= 4 is 11.9 Å². The smallest absolute Gasteiger partial charge is 0.303 e. The Labute approximate surface area is 124 Å². The fraction of sp³-hybridized carbons (Fsp3) is 0.438. The van der Waals surface area contributed by atoms with Crippen molar-refractivity contribution in [3.8, 4) is 6.07 Å². The zero-order valence-electron chi connectivity index (χ0n) is 12.0. The van der Waals surface area contributed by atoms with E-state index in [0.717, 1.165) is 24.8 Å². The maximum Gasteiger partial charge on any atom is 0.303 e. The number of nitrogens with zero attached hydrogens (tertiary/aromatic N) is 1. The van der Waals surface area contributed by atoms with E-state index in [9.17, 15) is 9.59 Å². The average Bonchev–Trinajstić information content (AvgIpc) is 2.47. The first-order chi connectivity index (χ1) is 10.1. The van der Waals surface area contributed by atoms with Gasteiger partial charge >= 0.3 is 5.97 Å². The number of aliphatic carboxylic acids is 1. The van der Waals surface area contributed by atoms with Crippen LogP contribution in [0.2, 0.25) is 0 Å². The van der Waals surface area contributed by atoms with E-state index in [1.54, 1.807) is 24.3 Å². The van der Waals surface area contributed by atoms with Gasteiger partial charge in [-0.15, -0.1) is 0 Å². The van der Waals surface area contributed by atoms with Crippen molar-refractivity contribution in [2.75, 3.05) is 6.54 Å². The number of rotatable bonds is 9. The predicted molar refractivity (Wildman–Crippen MR) is 78.8 cm³/mol. The van der Waals surface area contributed by atoms with Gasteiger partial charge in [0, 0.05) is 18.5 Å². The van der Waals surface area contributed by atoms with Crippen molar-refractivity contribution in [2.24, 2.45) is 0 Å². The summed E-state index contributed by atoms with van der Waals surface area (Å²) in [5, 5.41) is 19.9. The number of benzene rings is 1. The van der Waals surface area contributed by atoms with Crippen molar-refractivity contribution in [2.45, 2.75) is 38.5 Å². The lowest BCUT2D eigenvalue weighted by Gasteiger charge is -2.05. The largest absolute Gasteiger partial charge is 0.481 e. The first-order valence-corrected chi connectivity index (χ1v) is 7.09. The van der Waals surface area contributed by atoms with Crippen LogP contribution >= 0.6 is 0 Å². The first-order valence-electron chi connectivity index (χ1n) is 7.09. The number of amides is 1. The van der Waals surface area contributed by atoms with Crippen molar-refractivity contribution in [1.82, 2.24) is 5.32 Å². The number of nitriles is 1. The molecule has 0 saturated carbocycles. The van der Waals surface area contributed by atoms with Gasteiger partial charge in [-0.1, -0.05) is 25.0 Å². The molecule has 0 aromatic heterocycles. The molecule has 2 N–H and O–H groups in total. The SMILES string of the molecule is N#CCc1ccc(C(=O)NCCCCCCC(=O)O)cc1. The van der Waals surface area contributed by atoms with E-state index >= 15 is 0 Å². The summed E-state index contributed by atoms with van der Waals surface area (Å²) in [5.74, 6) is -0.882. The van der Waals surface area contributed by atoms with Gasteiger partial charge in [0.2, 0.25) is 0 Å². The fourth-order valence-corrected chi connectivity index (χ4v) is 1.92. The standard InChI is InChI=1S/C16H20N2O3/c17-11-10-13-6-8-14(9-7-13)16(21)18-12-4-2-1-3-5-15(19)20/h6-9H,1-5,10,12H2,(H,18,21)(H,19,20). The molecule has 1 aromatic carbocycles. The van der Waals surface area contributed by atoms with Crippen LogP contribution in [-0.2, 0) is 11.2 Å². The molecule has 5 heteroatoms. The maximum atomic E-state index is 11.8. The molecule has 1 rings (SSSR count). The Kier molecular flexibility index (Phi) is 7.59. The van der Waals surface area contributed by atoms with Gasteiger partial charge in [-0.3, -0.25) is 9.59 Å². The zero-order valence-corrected chi connectivity index (χ0v) is 12.0. The third-order valence-electron chi connectivity index (χ3n) is 3.10. The minimum absolute atomic E-state index is 0.121. The Morgan fingerprint density at radius 2 is 1.76 bits per heavy atom. The molecule has 0 spiro atoms. The Morgan fingerprint density at radius 3 is 2.38 bits per heavy atom. The number of nitrogens with one attached hydrogen (secondary N) is 1. The van der Waals surface area contributed by atoms with E-state index in [2.05, 4.69) is 11.4 Å². The lowest BCUT2D eigenvalue weighted by Crippen LogP contribution is -2.24. The lowest BCUT2D eigenvalue weighted by atomic mass is 10.1. The zero-order chi connectivity index (χ0) is 15.5. The van der Waals surface area contributed by atoms with E-state index in [-0.39, 0.29) is 12.3 Å². The molecular weight excluding hydrogens is 268 g/mol. The Morgan fingerprint density at radius 1 is 1.10 bits per heavy atom. The van der Waals surface area contributed by atoms with E-state index < -0.39 is 5.97 Å². The number of hydrogen-bond donors (Lipinski definition) is 2. The van der Waals surface area contributed by atoms with E-state index in [1.165, 1.54) is 0 Å². The monoisotopic (exact) mass is 288 g/mol. The van der Waals surface area contributed by atoms with Crippen molar-refractivity contribution < 1.29 is 14.7 Å². The van der Waals surface area contributed by atoms with Crippen LogP contribution in [0.3, 0.4) is 0 Å². The van der Waals surface area contributed by atoms with Gasteiger partial charge in [-0.2, -0.15) is 5.26 Å². The second-order valence-corrected chi connectivity index (χ2v) is 4.85. The highest BCUT2D eigenvalue weighted by molar-refractivity contribution is 5.94. The number of carboxylic acid groups (broad SMARTS) is 1. The molecule has 0 heterocycles. The highest BCUT2D eigenvalue weighted by atomic mass is 16.4. The molecule has 0 radical (unpaired) electrons. The Bertz CT molecular complexity index is 503. The summed E-state index contributed by atoms with van der Waals surface area (Å²) in [7, 11) is 0. The fourth-order valence-electron chi connectivity index (χ4n) is 1.92. The molecule has 1 aromatic rings. The Balaban J connectivity index is 2.19. The van der Waals surface area contributed by atoms with Crippen LogP contribution in [0.1, 0.15) is 48.0 Å². The van der Waals surface area contributed by atoms with Gasteiger partial charge < -0.3 is 10.4 Å². The molecule has 1 amide bonds. The van der Waals surface area contributed by atoms with Gasteiger partial charge in [-0.25, -0.2) is 0 Å². The topological polar surface area (TPSA) is 90.2 Å². The summed E-state index contributed by atoms with van der Waals surface area (Å²) < 4.78 is 0. The van der Waals surface area contributed by atoms with Gasteiger partial charge in [0.1, 0.15) is 0 Å². The molecule has 0 atom stereocenters. The summed E-state index contributed by atoms with van der Waals surface area (Å²) in [4.78, 5) is 22.2. The molecule has 21 heavy (non-hydrogen) atoms. The highest BCUT2D eigenvalue weighted by Gasteiger charge is 2.04. The molecule has 0 bridgehead atoms. The van der Waals surface area contributed by atoms with Gasteiger partial charge in [-0.05, 0) is 30.5 Å². The molecule has 0 fully saturated rings. The van der Waals surface area contributed by atoms with Crippen LogP contribution in [0.15, 0.2) is 24.3 Å². The minimum Gasteiger partial charge on any atom is -0.481 e. The van der Waals surface area contributed by atoms with Crippen LogP contribution in [0.25, 0.3) is 0 Å². The predicted octanol–water partition coefficient (Wildman–Crippen LogP) is 2.52. The summed E-state index contributed by atoms with van der Waals surface area (Å²) in [6.45, 7) is 0.589. The van der Waals surface area contributed by atoms with Crippen molar-refractivity contribution in [3.63, 3.8) is 0 Å². The maximum absolute atomic E-state index is 11.8. The number of unbranched alkanes of at least 4 members (excludes halogenated alkanes) is 3. The summed E-state index contributed by atoms with van der Waals surface area (Å²) in [6.07, 6.45) is 3.86. The van der Waals surface area contributed by atoms with Gasteiger partial charge in [0.05, 0.1) is 12.5 Å². The normalized spacial score (nSPS) is 9.86. The van der Waals surface area contributed by atoms with Gasteiger partial charge in [0.15, 0.2) is 0 Å². The third kappa shape index (κ3) is 7.11. The minimum atomic E-state index is -0.761. The molecule has 0 aliphatic heterocycles. The molecule has 0 aliphatic carbocycles. The molecule has 5 nitrogen and oxygen atoms in total. The van der Waals surface area contributed by atoms with Crippen molar-refractivity contribution in [3.05, 3.63) is 35.4 Å². The van der Waals surface area contributed by atoms with Crippen molar-refractivity contribution in [1.29, 1.82) is 5.26 Å².